The van der Waals surface area contributed by atoms with E-state index < -0.39 is 10.0 Å². The van der Waals surface area contributed by atoms with Gasteiger partial charge in [0.1, 0.15) is 0 Å². The Labute approximate surface area is 152 Å². The summed E-state index contributed by atoms with van der Waals surface area (Å²) in [5.41, 5.74) is 2.51. The lowest BCUT2D eigenvalue weighted by molar-refractivity contribution is 0.0656. The van der Waals surface area contributed by atoms with Crippen LogP contribution in [0.5, 0.6) is 0 Å². The van der Waals surface area contributed by atoms with Crippen molar-refractivity contribution in [2.24, 2.45) is 0 Å². The van der Waals surface area contributed by atoms with Crippen LogP contribution < -0.4 is 0 Å². The molecule has 1 amide bonds. The lowest BCUT2D eigenvalue weighted by Crippen LogP contribution is -2.50. The summed E-state index contributed by atoms with van der Waals surface area (Å²) in [6.45, 7) is 8.20. The number of aryl methyl sites for hydroxylation is 4. The maximum absolute atomic E-state index is 13.1. The highest BCUT2D eigenvalue weighted by Crippen LogP contribution is 2.26. The minimum atomic E-state index is -3.61. The second-order valence-corrected chi connectivity index (χ2v) is 8.43. The number of sulfonamides is 1. The van der Waals surface area contributed by atoms with E-state index in [1.807, 2.05) is 32.9 Å². The van der Waals surface area contributed by atoms with Crippen molar-refractivity contribution in [2.45, 2.75) is 32.6 Å². The Balaban J connectivity index is 1.76. The van der Waals surface area contributed by atoms with Crippen LogP contribution in [0, 0.1) is 27.7 Å². The zero-order valence-corrected chi connectivity index (χ0v) is 16.1. The predicted octanol–water partition coefficient (Wildman–Crippen LogP) is 1.45. The molecule has 3 rings (SSSR count). The molecule has 0 aliphatic carbocycles. The molecule has 140 valence electrons. The fourth-order valence-electron chi connectivity index (χ4n) is 3.35. The molecule has 0 radical (unpaired) electrons. The second-order valence-electron chi connectivity index (χ2n) is 6.55. The smallest absolute Gasteiger partial charge is 0.311 e. The first-order valence-corrected chi connectivity index (χ1v) is 9.81. The van der Waals surface area contributed by atoms with Gasteiger partial charge in [0.25, 0.3) is 0 Å². The van der Waals surface area contributed by atoms with Crippen molar-refractivity contribution < 1.29 is 17.6 Å². The summed E-state index contributed by atoms with van der Waals surface area (Å²) in [5, 5.41) is 7.38. The molecule has 0 spiro atoms. The molecule has 0 N–H and O–H groups in total. The topological polar surface area (TPSA) is 96.6 Å². The first-order valence-electron chi connectivity index (χ1n) is 8.37. The number of nitrogens with zero attached hydrogens (tertiary/aromatic N) is 4. The van der Waals surface area contributed by atoms with Crippen LogP contribution in [0.25, 0.3) is 0 Å². The van der Waals surface area contributed by atoms with E-state index in [9.17, 15) is 13.2 Å². The zero-order chi connectivity index (χ0) is 19.1. The largest absolute Gasteiger partial charge is 0.417 e. The standard InChI is InChI=1S/C17H22N4O4S/c1-11-9-12(2)15(13(3)10-11)26(23,24)21-7-5-20(6-8-21)17(22)16-19-18-14(4)25-16/h9-10H,5-8H2,1-4H3. The molecule has 26 heavy (non-hydrogen) atoms. The van der Waals surface area contributed by atoms with Gasteiger partial charge in [-0.05, 0) is 31.9 Å². The van der Waals surface area contributed by atoms with Crippen LogP contribution in [0.3, 0.4) is 0 Å². The number of hydrogen-bond acceptors (Lipinski definition) is 6. The van der Waals surface area contributed by atoms with E-state index >= 15 is 0 Å². The minimum Gasteiger partial charge on any atom is -0.417 e. The van der Waals surface area contributed by atoms with Gasteiger partial charge in [0.2, 0.25) is 15.9 Å². The number of amides is 1. The maximum atomic E-state index is 13.1. The SMILES string of the molecule is Cc1cc(C)c(S(=O)(=O)N2CCN(C(=O)c3nnc(C)o3)CC2)c(C)c1. The zero-order valence-electron chi connectivity index (χ0n) is 15.3. The molecule has 0 saturated carbocycles. The lowest BCUT2D eigenvalue weighted by atomic mass is 10.1. The van der Waals surface area contributed by atoms with Gasteiger partial charge in [0.15, 0.2) is 0 Å². The van der Waals surface area contributed by atoms with E-state index in [4.69, 9.17) is 4.42 Å². The highest BCUT2D eigenvalue weighted by atomic mass is 32.2. The summed E-state index contributed by atoms with van der Waals surface area (Å²) in [6.07, 6.45) is 0. The highest BCUT2D eigenvalue weighted by Gasteiger charge is 2.33. The van der Waals surface area contributed by atoms with E-state index in [1.165, 1.54) is 9.21 Å². The summed E-state index contributed by atoms with van der Waals surface area (Å²) in [5.74, 6) is -0.116. The number of hydrogen-bond donors (Lipinski definition) is 0. The van der Waals surface area contributed by atoms with Crippen molar-refractivity contribution in [2.75, 3.05) is 26.2 Å². The van der Waals surface area contributed by atoms with Gasteiger partial charge in [0, 0.05) is 33.1 Å². The number of aromatic nitrogens is 2. The van der Waals surface area contributed by atoms with Gasteiger partial charge in [-0.2, -0.15) is 4.31 Å². The first-order chi connectivity index (χ1) is 12.2. The monoisotopic (exact) mass is 378 g/mol. The van der Waals surface area contributed by atoms with Crippen LogP contribution in [-0.4, -0.2) is 59.9 Å². The minimum absolute atomic E-state index is 0.0657. The summed E-state index contributed by atoms with van der Waals surface area (Å²) in [6, 6.07) is 3.75. The third kappa shape index (κ3) is 3.36. The van der Waals surface area contributed by atoms with Gasteiger partial charge in [0.05, 0.1) is 4.90 Å². The van der Waals surface area contributed by atoms with Crippen LogP contribution in [-0.2, 0) is 10.0 Å². The molecule has 1 saturated heterocycles. The molecule has 9 heteroatoms. The number of rotatable bonds is 3. The van der Waals surface area contributed by atoms with Crippen molar-refractivity contribution in [3.05, 3.63) is 40.6 Å². The number of carbonyl (C=O) groups excluding carboxylic acids is 1. The molecular weight excluding hydrogens is 356 g/mol. The Morgan fingerprint density at radius 2 is 1.58 bits per heavy atom. The summed E-state index contributed by atoms with van der Waals surface area (Å²) in [7, 11) is -3.61. The molecular formula is C17H22N4O4S. The molecule has 2 heterocycles. The van der Waals surface area contributed by atoms with E-state index in [1.54, 1.807) is 6.92 Å². The van der Waals surface area contributed by atoms with E-state index in [0.717, 1.165) is 16.7 Å². The number of benzene rings is 1. The van der Waals surface area contributed by atoms with Crippen LogP contribution in [0.4, 0.5) is 0 Å². The molecule has 1 aliphatic heterocycles. The van der Waals surface area contributed by atoms with Crippen molar-refractivity contribution in [1.82, 2.24) is 19.4 Å². The van der Waals surface area contributed by atoms with E-state index in [0.29, 0.717) is 10.8 Å². The molecule has 1 fully saturated rings. The van der Waals surface area contributed by atoms with Gasteiger partial charge in [-0.1, -0.05) is 17.7 Å². The fraction of sp³-hybridized carbons (Fsp3) is 0.471. The average molecular weight is 378 g/mol. The summed E-state index contributed by atoms with van der Waals surface area (Å²) < 4.78 is 32.7. The van der Waals surface area contributed by atoms with Gasteiger partial charge >= 0.3 is 11.8 Å². The third-order valence-electron chi connectivity index (χ3n) is 4.44. The van der Waals surface area contributed by atoms with Crippen molar-refractivity contribution in [1.29, 1.82) is 0 Å². The predicted molar refractivity (Wildman–Crippen MR) is 94.4 cm³/mol. The normalized spacial score (nSPS) is 16.1. The molecule has 0 bridgehead atoms. The Hall–Kier alpha value is -2.26. The Kier molecular flexibility index (Phi) is 4.85. The fourth-order valence-corrected chi connectivity index (χ4v) is 5.19. The lowest BCUT2D eigenvalue weighted by Gasteiger charge is -2.33. The third-order valence-corrected chi connectivity index (χ3v) is 6.64. The number of carbonyl (C=O) groups is 1. The van der Waals surface area contributed by atoms with Crippen molar-refractivity contribution >= 4 is 15.9 Å². The molecule has 1 aliphatic rings. The summed E-state index contributed by atoms with van der Waals surface area (Å²) in [4.78, 5) is 14.2. The molecule has 1 aromatic heterocycles. The first kappa shape index (κ1) is 18.5. The average Bonchev–Trinajstić information content (AvgIpc) is 2.99. The Morgan fingerprint density at radius 3 is 2.08 bits per heavy atom. The molecule has 2 aromatic rings. The second kappa shape index (κ2) is 6.81. The van der Waals surface area contributed by atoms with Crippen LogP contribution in [0.15, 0.2) is 21.4 Å². The quantitative estimate of drug-likeness (QED) is 0.802. The van der Waals surface area contributed by atoms with E-state index in [2.05, 4.69) is 10.2 Å². The van der Waals surface area contributed by atoms with Crippen molar-refractivity contribution in [3.8, 4) is 0 Å². The summed E-state index contributed by atoms with van der Waals surface area (Å²) >= 11 is 0. The number of piperazine rings is 1. The van der Waals surface area contributed by atoms with Crippen molar-refractivity contribution in [3.63, 3.8) is 0 Å². The van der Waals surface area contributed by atoms with Gasteiger partial charge in [-0.3, -0.25) is 4.79 Å². The molecule has 8 nitrogen and oxygen atoms in total. The highest BCUT2D eigenvalue weighted by molar-refractivity contribution is 7.89. The maximum Gasteiger partial charge on any atom is 0.311 e. The van der Waals surface area contributed by atoms with Crippen LogP contribution >= 0.6 is 0 Å². The molecule has 0 unspecified atom stereocenters. The van der Waals surface area contributed by atoms with Crippen LogP contribution in [0.2, 0.25) is 0 Å². The molecule has 1 aromatic carbocycles. The Bertz CT molecular complexity index is 920. The molecule has 0 atom stereocenters. The van der Waals surface area contributed by atoms with Gasteiger partial charge < -0.3 is 9.32 Å². The van der Waals surface area contributed by atoms with E-state index in [-0.39, 0.29) is 38.0 Å². The van der Waals surface area contributed by atoms with Crippen LogP contribution in [0.1, 0.15) is 33.3 Å². The van der Waals surface area contributed by atoms with Gasteiger partial charge in [-0.15, -0.1) is 10.2 Å². The Morgan fingerprint density at radius 1 is 1.00 bits per heavy atom. The van der Waals surface area contributed by atoms with Gasteiger partial charge in [-0.25, -0.2) is 8.42 Å².